The Morgan fingerprint density at radius 1 is 1.57 bits per heavy atom. The highest BCUT2D eigenvalue weighted by molar-refractivity contribution is 5.83. The van der Waals surface area contributed by atoms with Crippen molar-refractivity contribution >= 4 is 11.9 Å². The van der Waals surface area contributed by atoms with Crippen molar-refractivity contribution in [3.8, 4) is 0 Å². The molecule has 1 aliphatic rings. The average Bonchev–Trinajstić information content (AvgIpc) is 2.07. The minimum atomic E-state index is -0.965. The van der Waals surface area contributed by atoms with Crippen LogP contribution in [0.4, 0.5) is 0 Å². The summed E-state index contributed by atoms with van der Waals surface area (Å²) >= 11 is 0. The standard InChI is InChI=1S/C9H16N2O3/c1-2-7(9(13)14)11-8(12)3-6-4-10-5-6/h6-7,10H,2-5H2,1H3,(H,11,12)(H,13,14). The predicted molar refractivity (Wildman–Crippen MR) is 50.8 cm³/mol. The molecule has 1 amide bonds. The molecular weight excluding hydrogens is 184 g/mol. The van der Waals surface area contributed by atoms with E-state index < -0.39 is 12.0 Å². The monoisotopic (exact) mass is 200 g/mol. The highest BCUT2D eigenvalue weighted by Crippen LogP contribution is 2.08. The Morgan fingerprint density at radius 2 is 2.21 bits per heavy atom. The molecule has 1 rings (SSSR count). The van der Waals surface area contributed by atoms with Crippen LogP contribution in [0.2, 0.25) is 0 Å². The molecule has 1 heterocycles. The van der Waals surface area contributed by atoms with E-state index in [-0.39, 0.29) is 5.91 Å². The van der Waals surface area contributed by atoms with E-state index in [0.29, 0.717) is 18.8 Å². The third-order valence-electron chi connectivity index (χ3n) is 2.38. The Bertz CT molecular complexity index is 226. The number of carbonyl (C=O) groups excluding carboxylic acids is 1. The summed E-state index contributed by atoms with van der Waals surface area (Å²) in [5, 5.41) is 14.3. The number of rotatable bonds is 5. The van der Waals surface area contributed by atoms with E-state index >= 15 is 0 Å². The summed E-state index contributed by atoms with van der Waals surface area (Å²) in [4.78, 5) is 21.9. The van der Waals surface area contributed by atoms with Gasteiger partial charge in [0.2, 0.25) is 5.91 Å². The molecule has 0 aromatic carbocycles. The van der Waals surface area contributed by atoms with Crippen LogP contribution >= 0.6 is 0 Å². The topological polar surface area (TPSA) is 78.4 Å². The van der Waals surface area contributed by atoms with E-state index in [1.165, 1.54) is 0 Å². The van der Waals surface area contributed by atoms with Crippen molar-refractivity contribution in [2.24, 2.45) is 5.92 Å². The zero-order chi connectivity index (χ0) is 10.6. The predicted octanol–water partition coefficient (Wildman–Crippen LogP) is -0.425. The molecule has 0 bridgehead atoms. The first-order chi connectivity index (χ1) is 6.63. The Balaban J connectivity index is 2.26. The molecule has 0 aromatic heterocycles. The lowest BCUT2D eigenvalue weighted by atomic mass is 9.99. The van der Waals surface area contributed by atoms with Crippen molar-refractivity contribution in [2.45, 2.75) is 25.8 Å². The number of hydrogen-bond acceptors (Lipinski definition) is 3. The fourth-order valence-corrected chi connectivity index (χ4v) is 1.35. The van der Waals surface area contributed by atoms with E-state index in [4.69, 9.17) is 5.11 Å². The maximum atomic E-state index is 11.3. The summed E-state index contributed by atoms with van der Waals surface area (Å²) in [6, 6.07) is -0.740. The van der Waals surface area contributed by atoms with Crippen LogP contribution in [0.25, 0.3) is 0 Å². The molecule has 1 aliphatic heterocycles. The third-order valence-corrected chi connectivity index (χ3v) is 2.38. The lowest BCUT2D eigenvalue weighted by Gasteiger charge is -2.26. The highest BCUT2D eigenvalue weighted by Gasteiger charge is 2.23. The third kappa shape index (κ3) is 2.99. The number of nitrogens with one attached hydrogen (secondary N) is 2. The number of carboxylic acid groups (broad SMARTS) is 1. The van der Waals surface area contributed by atoms with Crippen LogP contribution in [-0.2, 0) is 9.59 Å². The summed E-state index contributed by atoms with van der Waals surface area (Å²) in [5.74, 6) is -0.750. The van der Waals surface area contributed by atoms with Gasteiger partial charge in [0.25, 0.3) is 0 Å². The number of carboxylic acids is 1. The van der Waals surface area contributed by atoms with Gasteiger partial charge >= 0.3 is 5.97 Å². The first kappa shape index (κ1) is 11.0. The molecular formula is C9H16N2O3. The Kier molecular flexibility index (Phi) is 3.88. The Labute approximate surface area is 82.9 Å². The second kappa shape index (κ2) is 4.95. The van der Waals surface area contributed by atoms with Gasteiger partial charge in [-0.2, -0.15) is 0 Å². The smallest absolute Gasteiger partial charge is 0.326 e. The van der Waals surface area contributed by atoms with Crippen LogP contribution in [0, 0.1) is 5.92 Å². The average molecular weight is 200 g/mol. The van der Waals surface area contributed by atoms with Crippen molar-refractivity contribution in [3.05, 3.63) is 0 Å². The number of hydrogen-bond donors (Lipinski definition) is 3. The molecule has 0 aromatic rings. The normalized spacial score (nSPS) is 18.4. The SMILES string of the molecule is CCC(NC(=O)CC1CNC1)C(=O)O. The molecule has 5 nitrogen and oxygen atoms in total. The van der Waals surface area contributed by atoms with E-state index in [1.807, 2.05) is 0 Å². The maximum Gasteiger partial charge on any atom is 0.326 e. The van der Waals surface area contributed by atoms with E-state index in [9.17, 15) is 9.59 Å². The fourth-order valence-electron chi connectivity index (χ4n) is 1.35. The van der Waals surface area contributed by atoms with Crippen molar-refractivity contribution in [3.63, 3.8) is 0 Å². The molecule has 5 heteroatoms. The molecule has 0 radical (unpaired) electrons. The van der Waals surface area contributed by atoms with Crippen molar-refractivity contribution in [1.82, 2.24) is 10.6 Å². The molecule has 0 saturated carbocycles. The fraction of sp³-hybridized carbons (Fsp3) is 0.778. The van der Waals surface area contributed by atoms with Crippen molar-refractivity contribution in [2.75, 3.05) is 13.1 Å². The van der Waals surface area contributed by atoms with E-state index in [0.717, 1.165) is 13.1 Å². The van der Waals surface area contributed by atoms with Gasteiger partial charge in [-0.05, 0) is 25.4 Å². The highest BCUT2D eigenvalue weighted by atomic mass is 16.4. The molecule has 1 saturated heterocycles. The van der Waals surface area contributed by atoms with Crippen LogP contribution in [0.15, 0.2) is 0 Å². The lowest BCUT2D eigenvalue weighted by Crippen LogP contribution is -2.47. The van der Waals surface area contributed by atoms with Gasteiger partial charge in [-0.1, -0.05) is 6.92 Å². The van der Waals surface area contributed by atoms with Gasteiger partial charge in [0.1, 0.15) is 6.04 Å². The van der Waals surface area contributed by atoms with Crippen LogP contribution in [0.3, 0.4) is 0 Å². The van der Waals surface area contributed by atoms with Gasteiger partial charge in [-0.25, -0.2) is 4.79 Å². The molecule has 3 N–H and O–H groups in total. The summed E-state index contributed by atoms with van der Waals surface area (Å²) in [6.07, 6.45) is 0.848. The van der Waals surface area contributed by atoms with Gasteiger partial charge in [0, 0.05) is 6.42 Å². The minimum absolute atomic E-state index is 0.161. The Morgan fingerprint density at radius 3 is 2.57 bits per heavy atom. The Hall–Kier alpha value is -1.10. The number of amides is 1. The number of aliphatic carboxylic acids is 1. The van der Waals surface area contributed by atoms with Crippen LogP contribution in [0.1, 0.15) is 19.8 Å². The molecule has 0 aliphatic carbocycles. The van der Waals surface area contributed by atoms with Gasteiger partial charge in [0.05, 0.1) is 0 Å². The van der Waals surface area contributed by atoms with Crippen LogP contribution in [-0.4, -0.2) is 36.1 Å². The summed E-state index contributed by atoms with van der Waals surface area (Å²) in [5.41, 5.74) is 0. The maximum absolute atomic E-state index is 11.3. The van der Waals surface area contributed by atoms with Gasteiger partial charge < -0.3 is 15.7 Å². The second-order valence-corrected chi connectivity index (χ2v) is 3.59. The zero-order valence-corrected chi connectivity index (χ0v) is 8.25. The lowest BCUT2D eigenvalue weighted by molar-refractivity contribution is -0.142. The quantitative estimate of drug-likeness (QED) is 0.563. The molecule has 0 spiro atoms. The van der Waals surface area contributed by atoms with E-state index in [2.05, 4.69) is 10.6 Å². The molecule has 1 fully saturated rings. The minimum Gasteiger partial charge on any atom is -0.480 e. The van der Waals surface area contributed by atoms with Crippen LogP contribution in [0.5, 0.6) is 0 Å². The van der Waals surface area contributed by atoms with Crippen molar-refractivity contribution < 1.29 is 14.7 Å². The molecule has 1 unspecified atom stereocenters. The zero-order valence-electron chi connectivity index (χ0n) is 8.25. The van der Waals surface area contributed by atoms with E-state index in [1.54, 1.807) is 6.92 Å². The van der Waals surface area contributed by atoms with Gasteiger partial charge in [-0.15, -0.1) is 0 Å². The first-order valence-electron chi connectivity index (χ1n) is 4.86. The van der Waals surface area contributed by atoms with Gasteiger partial charge in [-0.3, -0.25) is 4.79 Å². The first-order valence-corrected chi connectivity index (χ1v) is 4.86. The largest absolute Gasteiger partial charge is 0.480 e. The summed E-state index contributed by atoms with van der Waals surface area (Å²) < 4.78 is 0. The molecule has 14 heavy (non-hydrogen) atoms. The van der Waals surface area contributed by atoms with Gasteiger partial charge in [0.15, 0.2) is 0 Å². The van der Waals surface area contributed by atoms with Crippen molar-refractivity contribution in [1.29, 1.82) is 0 Å². The molecule has 80 valence electrons. The molecule has 1 atom stereocenters. The summed E-state index contributed by atoms with van der Waals surface area (Å²) in [6.45, 7) is 3.46. The second-order valence-electron chi connectivity index (χ2n) is 3.59. The summed E-state index contributed by atoms with van der Waals surface area (Å²) in [7, 11) is 0. The van der Waals surface area contributed by atoms with Crippen LogP contribution < -0.4 is 10.6 Å². The number of carbonyl (C=O) groups is 2.